The Labute approximate surface area is 144 Å². The van der Waals surface area contributed by atoms with Crippen LogP contribution in [-0.4, -0.2) is 18.1 Å². The van der Waals surface area contributed by atoms with E-state index in [2.05, 4.69) is 26.5 Å². The minimum Gasteiger partial charge on any atom is -0.545 e. The Morgan fingerprint density at radius 2 is 1.88 bits per heavy atom. The van der Waals surface area contributed by atoms with Gasteiger partial charge in [0.25, 0.3) is 0 Å². The highest BCUT2D eigenvalue weighted by molar-refractivity contribution is 9.10. The Morgan fingerprint density at radius 1 is 1.12 bits per heavy atom. The Morgan fingerprint density at radius 3 is 2.58 bits per heavy atom. The lowest BCUT2D eigenvalue weighted by Gasteiger charge is -2.01. The van der Waals surface area contributed by atoms with Gasteiger partial charge >= 0.3 is 5.91 Å². The van der Waals surface area contributed by atoms with Crippen LogP contribution in [0.25, 0.3) is 11.0 Å². The topological polar surface area (TPSA) is 94.7 Å². The van der Waals surface area contributed by atoms with E-state index in [9.17, 15) is 14.7 Å². The summed E-state index contributed by atoms with van der Waals surface area (Å²) < 4.78 is 6.34. The molecule has 0 aliphatic heterocycles. The van der Waals surface area contributed by atoms with Crippen molar-refractivity contribution in [2.45, 2.75) is 0 Å². The fraction of sp³-hybridized carbons (Fsp3) is 0. The number of hydrogen-bond acceptors (Lipinski definition) is 5. The number of nitrogens with zero attached hydrogens (tertiary/aromatic N) is 1. The fourth-order valence-electron chi connectivity index (χ4n) is 2.05. The zero-order valence-corrected chi connectivity index (χ0v) is 13.7. The summed E-state index contributed by atoms with van der Waals surface area (Å²) in [5.74, 6) is -1.58. The van der Waals surface area contributed by atoms with Gasteiger partial charge in [0.15, 0.2) is 5.76 Å². The van der Waals surface area contributed by atoms with Crippen molar-refractivity contribution in [3.63, 3.8) is 0 Å². The molecule has 2 aromatic carbocycles. The van der Waals surface area contributed by atoms with Crippen LogP contribution in [0.2, 0.25) is 0 Å². The molecule has 0 fully saturated rings. The number of carbonyl (C=O) groups is 2. The Balaban J connectivity index is 1.68. The van der Waals surface area contributed by atoms with Gasteiger partial charge in [0.1, 0.15) is 5.58 Å². The number of amides is 1. The molecule has 0 radical (unpaired) electrons. The number of fused-ring (bicyclic) bond motifs is 1. The summed E-state index contributed by atoms with van der Waals surface area (Å²) in [6.07, 6.45) is 1.40. The van der Waals surface area contributed by atoms with Crippen LogP contribution in [0.3, 0.4) is 0 Å². The fourth-order valence-corrected chi connectivity index (χ4v) is 2.43. The molecule has 0 aliphatic carbocycles. The number of rotatable bonds is 4. The third kappa shape index (κ3) is 3.52. The highest BCUT2D eigenvalue weighted by atomic mass is 79.9. The molecule has 0 aliphatic rings. The summed E-state index contributed by atoms with van der Waals surface area (Å²) in [7, 11) is 0. The quantitative estimate of drug-likeness (QED) is 0.550. The van der Waals surface area contributed by atoms with E-state index in [1.165, 1.54) is 18.3 Å². The van der Waals surface area contributed by atoms with Gasteiger partial charge in [0.2, 0.25) is 0 Å². The molecule has 0 spiro atoms. The Kier molecular flexibility index (Phi) is 4.43. The van der Waals surface area contributed by atoms with Crippen LogP contribution >= 0.6 is 15.9 Å². The molecule has 1 amide bonds. The van der Waals surface area contributed by atoms with Gasteiger partial charge in [-0.25, -0.2) is 5.43 Å². The van der Waals surface area contributed by atoms with Crippen molar-refractivity contribution in [1.29, 1.82) is 0 Å². The number of hydrazone groups is 1. The van der Waals surface area contributed by atoms with E-state index in [0.717, 1.165) is 9.86 Å². The first-order chi connectivity index (χ1) is 11.5. The number of carboxylic acids is 1. The van der Waals surface area contributed by atoms with E-state index in [1.807, 2.05) is 12.1 Å². The predicted molar refractivity (Wildman–Crippen MR) is 89.7 cm³/mol. The molecule has 0 saturated carbocycles. The van der Waals surface area contributed by atoms with Crippen LogP contribution < -0.4 is 10.5 Å². The molecule has 0 saturated heterocycles. The number of nitrogens with one attached hydrogen (secondary N) is 1. The molecule has 120 valence electrons. The van der Waals surface area contributed by atoms with Crippen molar-refractivity contribution in [2.24, 2.45) is 5.10 Å². The maximum atomic E-state index is 12.0. The van der Waals surface area contributed by atoms with Gasteiger partial charge in [-0.3, -0.25) is 4.79 Å². The number of hydrogen-bond donors (Lipinski definition) is 1. The number of carboxylic acid groups (broad SMARTS) is 1. The summed E-state index contributed by atoms with van der Waals surface area (Å²) in [5.41, 5.74) is 3.67. The Bertz CT molecular complexity index is 945. The first-order valence-corrected chi connectivity index (χ1v) is 7.66. The molecule has 0 unspecified atom stereocenters. The van der Waals surface area contributed by atoms with E-state index in [0.29, 0.717) is 11.1 Å². The summed E-state index contributed by atoms with van der Waals surface area (Å²) >= 11 is 3.35. The highest BCUT2D eigenvalue weighted by Gasteiger charge is 2.11. The summed E-state index contributed by atoms with van der Waals surface area (Å²) in [5, 5.41) is 15.3. The highest BCUT2D eigenvalue weighted by Crippen LogP contribution is 2.23. The van der Waals surface area contributed by atoms with Gasteiger partial charge in [0.05, 0.1) is 12.2 Å². The first kappa shape index (κ1) is 15.9. The molecule has 3 rings (SSSR count). The van der Waals surface area contributed by atoms with Crippen molar-refractivity contribution in [3.05, 3.63) is 69.9 Å². The molecule has 7 heteroatoms. The lowest BCUT2D eigenvalue weighted by atomic mass is 10.1. The molecule has 0 bridgehead atoms. The summed E-state index contributed by atoms with van der Waals surface area (Å²) in [4.78, 5) is 22.7. The van der Waals surface area contributed by atoms with Crippen molar-refractivity contribution >= 4 is 45.0 Å². The average Bonchev–Trinajstić information content (AvgIpc) is 2.98. The van der Waals surface area contributed by atoms with Crippen molar-refractivity contribution in [3.8, 4) is 0 Å². The molecular formula is C17H10BrN2O4-. The first-order valence-electron chi connectivity index (χ1n) is 6.87. The van der Waals surface area contributed by atoms with Gasteiger partial charge in [0, 0.05) is 9.86 Å². The van der Waals surface area contributed by atoms with Gasteiger partial charge in [-0.15, -0.1) is 0 Å². The zero-order valence-electron chi connectivity index (χ0n) is 12.2. The Hall–Kier alpha value is -2.93. The molecule has 1 aromatic heterocycles. The second kappa shape index (κ2) is 6.67. The van der Waals surface area contributed by atoms with Crippen LogP contribution in [-0.2, 0) is 0 Å². The van der Waals surface area contributed by atoms with Gasteiger partial charge in [-0.2, -0.15) is 5.10 Å². The van der Waals surface area contributed by atoms with Crippen molar-refractivity contribution < 1.29 is 19.1 Å². The standard InChI is InChI=1S/C17H11BrN2O4/c18-13-5-6-14-12(7-13)8-15(24-14)16(21)20-19-9-10-1-3-11(4-2-10)17(22)23/h1-9H,(H,20,21)(H,22,23)/p-1/b19-9-. The van der Waals surface area contributed by atoms with Gasteiger partial charge in [-0.1, -0.05) is 40.2 Å². The number of furan rings is 1. The van der Waals surface area contributed by atoms with Crippen LogP contribution in [0.1, 0.15) is 26.5 Å². The maximum absolute atomic E-state index is 12.0. The number of aromatic carboxylic acids is 1. The SMILES string of the molecule is O=C([O-])c1ccc(/C=N\NC(=O)c2cc3cc(Br)ccc3o2)cc1. The monoisotopic (exact) mass is 385 g/mol. The van der Waals surface area contributed by atoms with Crippen LogP contribution in [0.4, 0.5) is 0 Å². The lowest BCUT2D eigenvalue weighted by molar-refractivity contribution is -0.255. The van der Waals surface area contributed by atoms with Crippen molar-refractivity contribution in [1.82, 2.24) is 5.43 Å². The van der Waals surface area contributed by atoms with E-state index >= 15 is 0 Å². The lowest BCUT2D eigenvalue weighted by Crippen LogP contribution is -2.22. The second-order valence-corrected chi connectivity index (χ2v) is 5.82. The molecule has 1 N–H and O–H groups in total. The smallest absolute Gasteiger partial charge is 0.307 e. The van der Waals surface area contributed by atoms with Crippen LogP contribution in [0, 0.1) is 0 Å². The van der Waals surface area contributed by atoms with Gasteiger partial charge in [-0.05, 0) is 35.4 Å². The average molecular weight is 386 g/mol. The molecule has 24 heavy (non-hydrogen) atoms. The molecule has 1 heterocycles. The van der Waals surface area contributed by atoms with E-state index < -0.39 is 11.9 Å². The number of benzene rings is 2. The zero-order chi connectivity index (χ0) is 17.1. The minimum atomic E-state index is -1.25. The van der Waals surface area contributed by atoms with E-state index in [-0.39, 0.29) is 11.3 Å². The van der Waals surface area contributed by atoms with Crippen LogP contribution in [0.5, 0.6) is 0 Å². The summed E-state index contributed by atoms with van der Waals surface area (Å²) in [6, 6.07) is 13.0. The molecular weight excluding hydrogens is 376 g/mol. The largest absolute Gasteiger partial charge is 0.545 e. The van der Waals surface area contributed by atoms with Crippen LogP contribution in [0.15, 0.2) is 62.5 Å². The third-order valence-corrected chi connectivity index (χ3v) is 3.72. The van der Waals surface area contributed by atoms with E-state index in [4.69, 9.17) is 4.42 Å². The maximum Gasteiger partial charge on any atom is 0.307 e. The number of carbonyl (C=O) groups excluding carboxylic acids is 2. The third-order valence-electron chi connectivity index (χ3n) is 3.23. The van der Waals surface area contributed by atoms with Crippen molar-refractivity contribution in [2.75, 3.05) is 0 Å². The normalized spacial score (nSPS) is 11.0. The second-order valence-electron chi connectivity index (χ2n) is 4.90. The predicted octanol–water partition coefficient (Wildman–Crippen LogP) is 2.32. The molecule has 6 nitrogen and oxygen atoms in total. The number of halogens is 1. The summed E-state index contributed by atoms with van der Waals surface area (Å²) in [6.45, 7) is 0. The molecule has 3 aromatic rings. The van der Waals surface area contributed by atoms with Gasteiger partial charge < -0.3 is 14.3 Å². The molecule has 0 atom stereocenters. The minimum absolute atomic E-state index is 0.0737. The van der Waals surface area contributed by atoms with E-state index in [1.54, 1.807) is 24.3 Å².